The summed E-state index contributed by atoms with van der Waals surface area (Å²) in [6, 6.07) is 7.57. The zero-order valence-electron chi connectivity index (χ0n) is 11.8. The Kier molecular flexibility index (Phi) is 7.35. The summed E-state index contributed by atoms with van der Waals surface area (Å²) in [4.78, 5) is 15.7. The number of hydrogen-bond donors (Lipinski definition) is 2. The van der Waals surface area contributed by atoms with Crippen LogP contribution >= 0.6 is 24.8 Å². The Labute approximate surface area is 135 Å². The number of nitrogens with zero attached hydrogens (tertiary/aromatic N) is 3. The molecule has 116 valence electrons. The van der Waals surface area contributed by atoms with Crippen LogP contribution in [-0.2, 0) is 11.3 Å². The van der Waals surface area contributed by atoms with E-state index in [4.69, 9.17) is 5.73 Å². The van der Waals surface area contributed by atoms with Crippen molar-refractivity contribution in [2.45, 2.75) is 25.9 Å². The van der Waals surface area contributed by atoms with Crippen LogP contribution in [-0.4, -0.2) is 26.2 Å². The van der Waals surface area contributed by atoms with Crippen LogP contribution in [0.4, 0.5) is 5.69 Å². The molecule has 2 aromatic rings. The maximum Gasteiger partial charge on any atom is 0.243 e. The van der Waals surface area contributed by atoms with E-state index in [0.29, 0.717) is 6.54 Å². The van der Waals surface area contributed by atoms with Gasteiger partial charge in [0.15, 0.2) is 0 Å². The van der Waals surface area contributed by atoms with Gasteiger partial charge in [0.2, 0.25) is 5.91 Å². The Morgan fingerprint density at radius 2 is 2.10 bits per heavy atom. The normalized spacial score (nSPS) is 10.2. The number of carbonyl (C=O) groups is 1. The van der Waals surface area contributed by atoms with Crippen LogP contribution in [0.1, 0.15) is 19.4 Å². The molecular formula is C13H19Cl2N5O. The summed E-state index contributed by atoms with van der Waals surface area (Å²) in [5, 5.41) is 6.83. The number of nitrogens with one attached hydrogen (secondary N) is 1. The van der Waals surface area contributed by atoms with Gasteiger partial charge in [0.25, 0.3) is 0 Å². The zero-order chi connectivity index (χ0) is 13.9. The lowest BCUT2D eigenvalue weighted by atomic mass is 10.1. The van der Waals surface area contributed by atoms with Crippen LogP contribution in [0.5, 0.6) is 0 Å². The number of hydrogen-bond acceptors (Lipinski definition) is 4. The van der Waals surface area contributed by atoms with Crippen molar-refractivity contribution >= 4 is 36.4 Å². The summed E-state index contributed by atoms with van der Waals surface area (Å²) in [7, 11) is 0. The highest BCUT2D eigenvalue weighted by molar-refractivity contribution is 5.97. The number of anilines is 1. The molecule has 0 unspecified atom stereocenters. The second-order valence-corrected chi connectivity index (χ2v) is 4.97. The van der Waals surface area contributed by atoms with Crippen molar-refractivity contribution in [2.75, 3.05) is 5.32 Å². The third-order valence-corrected chi connectivity index (χ3v) is 2.58. The van der Waals surface area contributed by atoms with Crippen LogP contribution in [0.25, 0.3) is 0 Å². The number of halogens is 2. The molecule has 8 heteroatoms. The second kappa shape index (κ2) is 7.97. The highest BCUT2D eigenvalue weighted by atomic mass is 35.5. The molecule has 0 aliphatic carbocycles. The van der Waals surface area contributed by atoms with E-state index in [9.17, 15) is 4.79 Å². The predicted octanol–water partition coefficient (Wildman–Crippen LogP) is 1.85. The van der Waals surface area contributed by atoms with Gasteiger partial charge in [-0.25, -0.2) is 9.67 Å². The standard InChI is InChI=1S/C13H17N5O.2ClH/c1-13(2,14)12(19)17-11-5-3-4-10(6-11)7-18-9-15-8-16-18;;/h3-6,8-9H,7,14H2,1-2H3,(H,17,19);2*1H. The monoisotopic (exact) mass is 331 g/mol. The molecule has 0 bridgehead atoms. The molecule has 0 radical (unpaired) electrons. The van der Waals surface area contributed by atoms with Crippen LogP contribution < -0.4 is 11.1 Å². The highest BCUT2D eigenvalue weighted by Crippen LogP contribution is 2.13. The Hall–Kier alpha value is -1.63. The van der Waals surface area contributed by atoms with Gasteiger partial charge >= 0.3 is 0 Å². The first kappa shape index (κ1) is 19.4. The lowest BCUT2D eigenvalue weighted by Gasteiger charge is -2.18. The SMILES string of the molecule is CC(C)(N)C(=O)Nc1cccc(Cn2cncn2)c1.Cl.Cl. The summed E-state index contributed by atoms with van der Waals surface area (Å²) in [6.45, 7) is 3.94. The molecule has 0 aliphatic rings. The zero-order valence-corrected chi connectivity index (χ0v) is 13.4. The Morgan fingerprint density at radius 1 is 1.38 bits per heavy atom. The molecule has 2 rings (SSSR count). The van der Waals surface area contributed by atoms with Gasteiger partial charge in [0, 0.05) is 5.69 Å². The molecule has 0 aliphatic heterocycles. The van der Waals surface area contributed by atoms with Gasteiger partial charge in [-0.3, -0.25) is 4.79 Å². The average molecular weight is 332 g/mol. The van der Waals surface area contributed by atoms with Crippen molar-refractivity contribution in [1.82, 2.24) is 14.8 Å². The van der Waals surface area contributed by atoms with Crippen molar-refractivity contribution in [3.63, 3.8) is 0 Å². The fraction of sp³-hybridized carbons (Fsp3) is 0.308. The van der Waals surface area contributed by atoms with Gasteiger partial charge in [-0.1, -0.05) is 12.1 Å². The summed E-state index contributed by atoms with van der Waals surface area (Å²) in [5.41, 5.74) is 6.59. The summed E-state index contributed by atoms with van der Waals surface area (Å²) >= 11 is 0. The van der Waals surface area contributed by atoms with Crippen LogP contribution in [0.15, 0.2) is 36.9 Å². The minimum atomic E-state index is -0.901. The first-order valence-corrected chi connectivity index (χ1v) is 5.97. The van der Waals surface area contributed by atoms with Crippen LogP contribution in [0.3, 0.4) is 0 Å². The largest absolute Gasteiger partial charge is 0.325 e. The van der Waals surface area contributed by atoms with Gasteiger partial charge in [-0.15, -0.1) is 24.8 Å². The lowest BCUT2D eigenvalue weighted by Crippen LogP contribution is -2.45. The first-order chi connectivity index (χ1) is 8.95. The molecule has 0 spiro atoms. The van der Waals surface area contributed by atoms with E-state index < -0.39 is 5.54 Å². The molecule has 1 aromatic heterocycles. The number of aromatic nitrogens is 3. The van der Waals surface area contributed by atoms with Crippen molar-refractivity contribution in [3.8, 4) is 0 Å². The van der Waals surface area contributed by atoms with E-state index in [1.165, 1.54) is 6.33 Å². The Balaban J connectivity index is 0.00000200. The predicted molar refractivity (Wildman–Crippen MR) is 87.0 cm³/mol. The summed E-state index contributed by atoms with van der Waals surface area (Å²) < 4.78 is 1.72. The Morgan fingerprint density at radius 3 is 2.67 bits per heavy atom. The number of carbonyl (C=O) groups excluding carboxylic acids is 1. The highest BCUT2D eigenvalue weighted by Gasteiger charge is 2.21. The Bertz CT molecular complexity index is 566. The van der Waals surface area contributed by atoms with E-state index in [2.05, 4.69) is 15.4 Å². The molecule has 0 atom stereocenters. The average Bonchev–Trinajstić information content (AvgIpc) is 2.81. The van der Waals surface area contributed by atoms with E-state index in [-0.39, 0.29) is 30.7 Å². The van der Waals surface area contributed by atoms with Gasteiger partial charge in [0.1, 0.15) is 12.7 Å². The molecule has 21 heavy (non-hydrogen) atoms. The van der Waals surface area contributed by atoms with Crippen molar-refractivity contribution < 1.29 is 4.79 Å². The maximum absolute atomic E-state index is 11.8. The number of benzene rings is 1. The van der Waals surface area contributed by atoms with E-state index in [1.807, 2.05) is 24.3 Å². The molecule has 6 nitrogen and oxygen atoms in total. The van der Waals surface area contributed by atoms with Crippen molar-refractivity contribution in [3.05, 3.63) is 42.5 Å². The summed E-state index contributed by atoms with van der Waals surface area (Å²) in [6.07, 6.45) is 3.14. The minimum Gasteiger partial charge on any atom is -0.325 e. The molecule has 0 fully saturated rings. The van der Waals surface area contributed by atoms with Crippen molar-refractivity contribution in [2.24, 2.45) is 5.73 Å². The lowest BCUT2D eigenvalue weighted by molar-refractivity contribution is -0.120. The first-order valence-electron chi connectivity index (χ1n) is 5.97. The van der Waals surface area contributed by atoms with E-state index in [1.54, 1.807) is 24.9 Å². The van der Waals surface area contributed by atoms with Gasteiger partial charge in [-0.05, 0) is 31.5 Å². The van der Waals surface area contributed by atoms with Gasteiger partial charge < -0.3 is 11.1 Å². The quantitative estimate of drug-likeness (QED) is 0.895. The molecule has 1 aromatic carbocycles. The molecule has 1 amide bonds. The van der Waals surface area contributed by atoms with Crippen LogP contribution in [0, 0.1) is 0 Å². The number of amides is 1. The molecule has 1 heterocycles. The third kappa shape index (κ3) is 5.71. The van der Waals surface area contributed by atoms with Crippen molar-refractivity contribution in [1.29, 1.82) is 0 Å². The van der Waals surface area contributed by atoms with E-state index >= 15 is 0 Å². The maximum atomic E-state index is 11.8. The summed E-state index contributed by atoms with van der Waals surface area (Å²) in [5.74, 6) is -0.217. The van der Waals surface area contributed by atoms with E-state index in [0.717, 1.165) is 11.3 Å². The third-order valence-electron chi connectivity index (χ3n) is 2.58. The fourth-order valence-electron chi connectivity index (χ4n) is 1.54. The fourth-order valence-corrected chi connectivity index (χ4v) is 1.54. The number of rotatable bonds is 4. The van der Waals surface area contributed by atoms with Gasteiger partial charge in [0.05, 0.1) is 12.1 Å². The smallest absolute Gasteiger partial charge is 0.243 e. The second-order valence-electron chi connectivity index (χ2n) is 4.97. The van der Waals surface area contributed by atoms with Crippen LogP contribution in [0.2, 0.25) is 0 Å². The molecule has 0 saturated carbocycles. The topological polar surface area (TPSA) is 85.8 Å². The van der Waals surface area contributed by atoms with Gasteiger partial charge in [-0.2, -0.15) is 5.10 Å². The molecule has 3 N–H and O–H groups in total. The molecular weight excluding hydrogens is 313 g/mol. The molecule has 0 saturated heterocycles. The minimum absolute atomic E-state index is 0. The number of nitrogens with two attached hydrogens (primary N) is 1.